The third kappa shape index (κ3) is 5.44. The maximum absolute atomic E-state index is 6.59. The van der Waals surface area contributed by atoms with Gasteiger partial charge in [0.25, 0.3) is 0 Å². The molecule has 12 aromatic rings. The molecule has 0 bridgehead atoms. The van der Waals surface area contributed by atoms with Crippen LogP contribution in [0.1, 0.15) is 0 Å². The molecule has 59 heavy (non-hydrogen) atoms. The van der Waals surface area contributed by atoms with Crippen LogP contribution in [0.3, 0.4) is 0 Å². The zero-order valence-corrected chi connectivity index (χ0v) is 32.1. The minimum atomic E-state index is 0.892. The van der Waals surface area contributed by atoms with Crippen molar-refractivity contribution in [3.05, 3.63) is 218 Å². The Morgan fingerprint density at radius 3 is 1.69 bits per heavy atom. The van der Waals surface area contributed by atoms with E-state index in [-0.39, 0.29) is 0 Å². The molecule has 12 rings (SSSR count). The summed E-state index contributed by atoms with van der Waals surface area (Å²) in [4.78, 5) is 2.38. The van der Waals surface area contributed by atoms with Crippen LogP contribution in [0, 0.1) is 0 Å². The topological polar surface area (TPSA) is 21.3 Å². The van der Waals surface area contributed by atoms with Gasteiger partial charge < -0.3 is 13.9 Å². The molecule has 3 nitrogen and oxygen atoms in total. The maximum Gasteiger partial charge on any atom is 0.143 e. The fraction of sp³-hybridized carbons (Fsp3) is 0. The van der Waals surface area contributed by atoms with E-state index < -0.39 is 0 Å². The van der Waals surface area contributed by atoms with Gasteiger partial charge in [0.1, 0.15) is 11.2 Å². The Morgan fingerprint density at radius 1 is 0.339 bits per heavy atom. The van der Waals surface area contributed by atoms with Crippen molar-refractivity contribution in [3.8, 4) is 27.9 Å². The van der Waals surface area contributed by atoms with Crippen molar-refractivity contribution in [2.75, 3.05) is 4.90 Å². The molecule has 0 spiro atoms. The first-order valence-corrected chi connectivity index (χ1v) is 20.2. The number of hydrogen-bond acceptors (Lipinski definition) is 2. The van der Waals surface area contributed by atoms with E-state index in [4.69, 9.17) is 4.42 Å². The second-order valence-electron chi connectivity index (χ2n) is 15.3. The van der Waals surface area contributed by atoms with E-state index >= 15 is 0 Å². The minimum absolute atomic E-state index is 0.892. The standard InChI is InChI=1S/C56H36N2O/c1-3-19-46-38(12-1)14-11-25-52(46)57(44-17-10-16-41(35-44)42-29-32-50-51-33-28-39-13-2-4-20-47(39)56(51)59-55(50)36-42)43-30-26-37(27-31-43)40-15-9-18-45(34-40)58-53-23-7-5-21-48(53)49-22-6-8-24-54(49)58/h1-36H. The molecule has 276 valence electrons. The molecular formula is C56H36N2O. The van der Waals surface area contributed by atoms with Crippen LogP contribution in [0.4, 0.5) is 17.1 Å². The van der Waals surface area contributed by atoms with Crippen molar-refractivity contribution in [1.82, 2.24) is 4.57 Å². The van der Waals surface area contributed by atoms with Crippen molar-refractivity contribution in [2.24, 2.45) is 0 Å². The van der Waals surface area contributed by atoms with E-state index in [9.17, 15) is 0 Å². The number of rotatable bonds is 6. The van der Waals surface area contributed by atoms with Gasteiger partial charge in [0.2, 0.25) is 0 Å². The number of furan rings is 1. The van der Waals surface area contributed by atoms with E-state index in [0.29, 0.717) is 0 Å². The van der Waals surface area contributed by atoms with E-state index in [0.717, 1.165) is 66.8 Å². The molecule has 0 aliphatic heterocycles. The monoisotopic (exact) mass is 752 g/mol. The molecule has 3 heteroatoms. The maximum atomic E-state index is 6.59. The van der Waals surface area contributed by atoms with Crippen LogP contribution in [0.5, 0.6) is 0 Å². The highest BCUT2D eigenvalue weighted by Crippen LogP contribution is 2.42. The van der Waals surface area contributed by atoms with Gasteiger partial charge in [0.05, 0.1) is 16.7 Å². The van der Waals surface area contributed by atoms with Gasteiger partial charge in [-0.3, -0.25) is 0 Å². The highest BCUT2D eigenvalue weighted by Gasteiger charge is 2.18. The van der Waals surface area contributed by atoms with Crippen molar-refractivity contribution < 1.29 is 4.42 Å². The number of aromatic nitrogens is 1. The summed E-state index contributed by atoms with van der Waals surface area (Å²) in [6, 6.07) is 78.7. The lowest BCUT2D eigenvalue weighted by atomic mass is 10.0. The van der Waals surface area contributed by atoms with Crippen molar-refractivity contribution in [1.29, 1.82) is 0 Å². The van der Waals surface area contributed by atoms with Crippen molar-refractivity contribution in [3.63, 3.8) is 0 Å². The molecule has 10 aromatic carbocycles. The Kier molecular flexibility index (Phi) is 7.54. The highest BCUT2D eigenvalue weighted by atomic mass is 16.3. The number of fused-ring (bicyclic) bond motifs is 9. The molecule has 0 atom stereocenters. The predicted octanol–water partition coefficient (Wildman–Crippen LogP) is 15.8. The lowest BCUT2D eigenvalue weighted by Crippen LogP contribution is -2.10. The van der Waals surface area contributed by atoms with Crippen LogP contribution < -0.4 is 4.90 Å². The second kappa shape index (κ2) is 13.4. The van der Waals surface area contributed by atoms with Crippen LogP contribution in [0.2, 0.25) is 0 Å². The quantitative estimate of drug-likeness (QED) is 0.169. The Balaban J connectivity index is 0.956. The number of benzene rings is 10. The van der Waals surface area contributed by atoms with Crippen LogP contribution in [0.25, 0.3) is 93.2 Å². The summed E-state index contributed by atoms with van der Waals surface area (Å²) in [5.74, 6) is 0. The molecule has 0 radical (unpaired) electrons. The van der Waals surface area contributed by atoms with E-state index in [1.54, 1.807) is 0 Å². The van der Waals surface area contributed by atoms with Gasteiger partial charge >= 0.3 is 0 Å². The normalized spacial score (nSPS) is 11.7. The Morgan fingerprint density at radius 2 is 0.915 bits per heavy atom. The summed E-state index contributed by atoms with van der Waals surface area (Å²) in [5.41, 5.74) is 13.2. The summed E-state index contributed by atoms with van der Waals surface area (Å²) in [6.07, 6.45) is 0. The van der Waals surface area contributed by atoms with Gasteiger partial charge in [-0.05, 0) is 106 Å². The first kappa shape index (κ1) is 33.3. The van der Waals surface area contributed by atoms with Gasteiger partial charge in [-0.15, -0.1) is 0 Å². The van der Waals surface area contributed by atoms with E-state index in [1.807, 2.05) is 0 Å². The zero-order valence-electron chi connectivity index (χ0n) is 32.1. The SMILES string of the molecule is c1cc(-c2ccc3c(c2)oc2c4ccccc4ccc32)cc(N(c2ccc(-c3cccc(-n4c5ccccc5c5ccccc54)c3)cc2)c2cccc3ccccc23)c1. The van der Waals surface area contributed by atoms with Gasteiger partial charge in [-0.25, -0.2) is 0 Å². The Bertz CT molecular complexity index is 3510. The molecule has 2 aromatic heterocycles. The summed E-state index contributed by atoms with van der Waals surface area (Å²) in [5, 5.41) is 9.51. The zero-order chi connectivity index (χ0) is 38.9. The molecule has 0 fully saturated rings. The smallest absolute Gasteiger partial charge is 0.143 e. The van der Waals surface area contributed by atoms with Crippen LogP contribution in [-0.4, -0.2) is 4.57 Å². The van der Waals surface area contributed by atoms with Crippen LogP contribution >= 0.6 is 0 Å². The lowest BCUT2D eigenvalue weighted by Gasteiger charge is -2.27. The van der Waals surface area contributed by atoms with Gasteiger partial charge in [0.15, 0.2) is 0 Å². The third-order valence-electron chi connectivity index (χ3n) is 12.0. The molecular weight excluding hydrogens is 717 g/mol. The number of para-hydroxylation sites is 2. The molecule has 0 amide bonds. The summed E-state index contributed by atoms with van der Waals surface area (Å²) in [6.45, 7) is 0. The van der Waals surface area contributed by atoms with E-state index in [2.05, 4.69) is 228 Å². The second-order valence-corrected chi connectivity index (χ2v) is 15.3. The Labute approximate surface area is 341 Å². The predicted molar refractivity (Wildman–Crippen MR) is 249 cm³/mol. The number of hydrogen-bond donors (Lipinski definition) is 0. The first-order valence-electron chi connectivity index (χ1n) is 20.2. The fourth-order valence-electron chi connectivity index (χ4n) is 9.17. The number of anilines is 3. The number of nitrogens with zero attached hydrogens (tertiary/aromatic N) is 2. The minimum Gasteiger partial charge on any atom is -0.455 e. The fourth-order valence-corrected chi connectivity index (χ4v) is 9.17. The molecule has 0 aliphatic carbocycles. The molecule has 0 aliphatic rings. The third-order valence-corrected chi connectivity index (χ3v) is 12.0. The molecule has 0 saturated heterocycles. The van der Waals surface area contributed by atoms with Crippen molar-refractivity contribution >= 4 is 82.4 Å². The van der Waals surface area contributed by atoms with E-state index in [1.165, 1.54) is 43.5 Å². The van der Waals surface area contributed by atoms with Crippen LogP contribution in [0.15, 0.2) is 223 Å². The van der Waals surface area contributed by atoms with Crippen LogP contribution in [-0.2, 0) is 0 Å². The molecule has 0 saturated carbocycles. The highest BCUT2D eigenvalue weighted by molar-refractivity contribution is 6.15. The largest absolute Gasteiger partial charge is 0.455 e. The average Bonchev–Trinajstić information content (AvgIpc) is 3.85. The summed E-state index contributed by atoms with van der Waals surface area (Å²) < 4.78 is 8.98. The summed E-state index contributed by atoms with van der Waals surface area (Å²) >= 11 is 0. The first-order chi connectivity index (χ1) is 29.2. The Hall–Kier alpha value is -7.88. The van der Waals surface area contributed by atoms with Gasteiger partial charge in [-0.1, -0.05) is 146 Å². The molecule has 0 N–H and O–H groups in total. The van der Waals surface area contributed by atoms with Gasteiger partial charge in [-0.2, -0.15) is 0 Å². The molecule has 0 unspecified atom stereocenters. The van der Waals surface area contributed by atoms with Gasteiger partial charge in [0, 0.05) is 49.4 Å². The summed E-state index contributed by atoms with van der Waals surface area (Å²) in [7, 11) is 0. The lowest BCUT2D eigenvalue weighted by molar-refractivity contribution is 0.673. The van der Waals surface area contributed by atoms with Crippen molar-refractivity contribution in [2.45, 2.75) is 0 Å². The molecule has 2 heterocycles. The average molecular weight is 753 g/mol.